The molecule has 1 amide bonds. The van der Waals surface area contributed by atoms with Gasteiger partial charge in [-0.3, -0.25) is 4.79 Å². The van der Waals surface area contributed by atoms with Crippen LogP contribution in [0.15, 0.2) is 42.1 Å². The first-order chi connectivity index (χ1) is 13.5. The number of benzene rings is 1. The number of nitrogens with one attached hydrogen (secondary N) is 1. The highest BCUT2D eigenvalue weighted by molar-refractivity contribution is 7.15. The molecule has 1 aromatic carbocycles. The van der Waals surface area contributed by atoms with Crippen LogP contribution in [0, 0.1) is 11.3 Å². The van der Waals surface area contributed by atoms with E-state index in [2.05, 4.69) is 22.2 Å². The van der Waals surface area contributed by atoms with E-state index in [0.717, 1.165) is 35.9 Å². The third-order valence-electron chi connectivity index (χ3n) is 4.69. The lowest BCUT2D eigenvalue weighted by Crippen LogP contribution is -2.37. The summed E-state index contributed by atoms with van der Waals surface area (Å²) in [6.45, 7) is 6.26. The molecule has 7 heteroatoms. The Morgan fingerprint density at radius 1 is 1.43 bits per heavy atom. The first kappa shape index (κ1) is 20.1. The number of hydrogen-bond acceptors (Lipinski definition) is 6. The van der Waals surface area contributed by atoms with Crippen LogP contribution in [-0.2, 0) is 24.3 Å². The van der Waals surface area contributed by atoms with Crippen molar-refractivity contribution in [1.29, 1.82) is 5.26 Å². The number of likely N-dealkylation sites (N-methyl/N-ethyl adjacent to an activating group) is 1. The first-order valence-corrected chi connectivity index (χ1v) is 10.2. The molecule has 0 atom stereocenters. The third kappa shape index (κ3) is 4.77. The van der Waals surface area contributed by atoms with Gasteiger partial charge in [-0.1, -0.05) is 30.3 Å². The minimum absolute atomic E-state index is 0.0211. The van der Waals surface area contributed by atoms with Crippen LogP contribution in [0.5, 0.6) is 0 Å². The zero-order chi connectivity index (χ0) is 20.1. The Balaban J connectivity index is 1.73. The second kappa shape index (κ2) is 9.00. The van der Waals surface area contributed by atoms with Crippen LogP contribution < -0.4 is 5.32 Å². The number of rotatable bonds is 6. The van der Waals surface area contributed by atoms with Gasteiger partial charge in [-0.2, -0.15) is 5.26 Å². The van der Waals surface area contributed by atoms with Crippen LogP contribution in [0.1, 0.15) is 30.0 Å². The molecule has 1 N–H and O–H groups in total. The number of amides is 1. The van der Waals surface area contributed by atoms with Gasteiger partial charge >= 0.3 is 0 Å². The minimum atomic E-state index is -0.282. The number of thiazole rings is 1. The molecular formula is C21H25N5OS. The average molecular weight is 396 g/mol. The highest BCUT2D eigenvalue weighted by atomic mass is 32.1. The lowest BCUT2D eigenvalue weighted by Gasteiger charge is -2.26. The molecule has 1 aliphatic rings. The summed E-state index contributed by atoms with van der Waals surface area (Å²) in [5, 5.41) is 13.3. The molecule has 1 aliphatic heterocycles. The van der Waals surface area contributed by atoms with Gasteiger partial charge < -0.3 is 15.1 Å². The van der Waals surface area contributed by atoms with Crippen molar-refractivity contribution in [3.63, 3.8) is 0 Å². The number of nitriles is 1. The zero-order valence-corrected chi connectivity index (χ0v) is 17.3. The van der Waals surface area contributed by atoms with Gasteiger partial charge in [-0.05, 0) is 26.5 Å². The van der Waals surface area contributed by atoms with Gasteiger partial charge in [-0.25, -0.2) is 4.98 Å². The summed E-state index contributed by atoms with van der Waals surface area (Å²) in [4.78, 5) is 22.7. The largest absolute Gasteiger partial charge is 0.337 e. The summed E-state index contributed by atoms with van der Waals surface area (Å²) in [5.41, 5.74) is 2.22. The molecule has 0 radical (unpaired) electrons. The summed E-state index contributed by atoms with van der Waals surface area (Å²) >= 11 is 1.58. The number of fused-ring (bicyclic) bond motifs is 1. The van der Waals surface area contributed by atoms with Crippen molar-refractivity contribution in [2.24, 2.45) is 0 Å². The third-order valence-corrected chi connectivity index (χ3v) is 5.71. The number of aromatic nitrogens is 1. The highest BCUT2D eigenvalue weighted by Crippen LogP contribution is 2.27. The Morgan fingerprint density at radius 2 is 2.18 bits per heavy atom. The number of hydrogen-bond donors (Lipinski definition) is 1. The molecule has 0 saturated heterocycles. The van der Waals surface area contributed by atoms with Crippen molar-refractivity contribution in [2.75, 3.05) is 18.9 Å². The molecular weight excluding hydrogens is 370 g/mol. The predicted molar refractivity (Wildman–Crippen MR) is 112 cm³/mol. The van der Waals surface area contributed by atoms with E-state index in [1.165, 1.54) is 11.1 Å². The molecule has 0 fully saturated rings. The van der Waals surface area contributed by atoms with E-state index in [1.807, 2.05) is 50.2 Å². The quantitative estimate of drug-likeness (QED) is 0.600. The van der Waals surface area contributed by atoms with Crippen molar-refractivity contribution < 1.29 is 4.79 Å². The van der Waals surface area contributed by atoms with Crippen molar-refractivity contribution in [3.05, 3.63) is 58.2 Å². The van der Waals surface area contributed by atoms with Crippen LogP contribution in [0.25, 0.3) is 0 Å². The molecule has 3 rings (SSSR count). The summed E-state index contributed by atoms with van der Waals surface area (Å²) in [6, 6.07) is 11.8. The molecule has 0 aliphatic carbocycles. The fourth-order valence-electron chi connectivity index (χ4n) is 3.08. The molecule has 2 aromatic rings. The Kier molecular flexibility index (Phi) is 6.45. The van der Waals surface area contributed by atoms with E-state index in [0.29, 0.717) is 6.54 Å². The zero-order valence-electron chi connectivity index (χ0n) is 16.5. The van der Waals surface area contributed by atoms with Crippen LogP contribution in [0.2, 0.25) is 0 Å². The van der Waals surface area contributed by atoms with E-state index >= 15 is 0 Å². The Morgan fingerprint density at radius 3 is 2.86 bits per heavy atom. The molecule has 1 aromatic heterocycles. The lowest BCUT2D eigenvalue weighted by molar-refractivity contribution is -0.129. The van der Waals surface area contributed by atoms with Gasteiger partial charge in [0.2, 0.25) is 0 Å². The van der Waals surface area contributed by atoms with Gasteiger partial charge in [-0.15, -0.1) is 11.3 Å². The maximum Gasteiger partial charge on any atom is 0.266 e. The van der Waals surface area contributed by atoms with Crippen molar-refractivity contribution in [2.45, 2.75) is 39.4 Å². The average Bonchev–Trinajstić information content (AvgIpc) is 3.08. The number of anilines is 1. The van der Waals surface area contributed by atoms with Crippen LogP contribution >= 0.6 is 11.3 Å². The van der Waals surface area contributed by atoms with Gasteiger partial charge in [0.05, 0.1) is 5.69 Å². The second-order valence-electron chi connectivity index (χ2n) is 7.20. The SMILES string of the molecule is CC(C)N(Cc1ccccc1)C(=O)/C(C#N)=C\Nc1nc2c(s1)CN(C)CC2. The van der Waals surface area contributed by atoms with E-state index in [-0.39, 0.29) is 17.5 Å². The Labute approximate surface area is 170 Å². The summed E-state index contributed by atoms with van der Waals surface area (Å²) in [6.07, 6.45) is 2.41. The van der Waals surface area contributed by atoms with Crippen molar-refractivity contribution >= 4 is 22.4 Å². The van der Waals surface area contributed by atoms with E-state index in [9.17, 15) is 10.1 Å². The van der Waals surface area contributed by atoms with Crippen LogP contribution in [0.4, 0.5) is 5.13 Å². The standard InChI is InChI=1S/C21H25N5OS/c1-15(2)26(13-16-7-5-4-6-8-16)20(27)17(11-22)12-23-21-24-18-9-10-25(3)14-19(18)28-21/h4-8,12,15H,9-10,13-14H2,1-3H3,(H,23,24)/b17-12-. The summed E-state index contributed by atoms with van der Waals surface area (Å²) in [5.74, 6) is -0.282. The second-order valence-corrected chi connectivity index (χ2v) is 8.29. The molecule has 0 unspecified atom stereocenters. The molecule has 6 nitrogen and oxygen atoms in total. The van der Waals surface area contributed by atoms with E-state index in [1.54, 1.807) is 16.2 Å². The monoisotopic (exact) mass is 395 g/mol. The number of carbonyl (C=O) groups excluding carboxylic acids is 1. The molecule has 0 bridgehead atoms. The fourth-order valence-corrected chi connectivity index (χ4v) is 4.14. The van der Waals surface area contributed by atoms with Crippen molar-refractivity contribution in [1.82, 2.24) is 14.8 Å². The van der Waals surface area contributed by atoms with E-state index < -0.39 is 0 Å². The smallest absolute Gasteiger partial charge is 0.266 e. The van der Waals surface area contributed by atoms with Crippen molar-refractivity contribution in [3.8, 4) is 6.07 Å². The normalized spacial score (nSPS) is 14.5. The number of nitrogens with zero attached hydrogens (tertiary/aromatic N) is 4. The molecule has 0 spiro atoms. The maximum absolute atomic E-state index is 13.0. The Bertz CT molecular complexity index is 897. The molecule has 0 saturated carbocycles. The minimum Gasteiger partial charge on any atom is -0.337 e. The fraction of sp³-hybridized carbons (Fsp3) is 0.381. The van der Waals surface area contributed by atoms with Gasteiger partial charge in [0.25, 0.3) is 5.91 Å². The van der Waals surface area contributed by atoms with Gasteiger partial charge in [0, 0.05) is 43.2 Å². The van der Waals surface area contributed by atoms with Crippen LogP contribution in [0.3, 0.4) is 0 Å². The predicted octanol–water partition coefficient (Wildman–Crippen LogP) is 3.39. The number of carbonyl (C=O) groups is 1. The van der Waals surface area contributed by atoms with E-state index in [4.69, 9.17) is 0 Å². The molecule has 146 valence electrons. The van der Waals surface area contributed by atoms with Crippen LogP contribution in [-0.4, -0.2) is 40.3 Å². The lowest BCUT2D eigenvalue weighted by atomic mass is 10.1. The summed E-state index contributed by atoms with van der Waals surface area (Å²) < 4.78 is 0. The summed E-state index contributed by atoms with van der Waals surface area (Å²) in [7, 11) is 2.09. The maximum atomic E-state index is 13.0. The van der Waals surface area contributed by atoms with Gasteiger partial charge in [0.15, 0.2) is 5.13 Å². The highest BCUT2D eigenvalue weighted by Gasteiger charge is 2.22. The topological polar surface area (TPSA) is 72.3 Å². The molecule has 28 heavy (non-hydrogen) atoms. The first-order valence-electron chi connectivity index (χ1n) is 9.36. The van der Waals surface area contributed by atoms with Gasteiger partial charge in [0.1, 0.15) is 11.6 Å². The Hall–Kier alpha value is -2.69. The molecule has 2 heterocycles.